The van der Waals surface area contributed by atoms with Crippen molar-refractivity contribution in [1.82, 2.24) is 19.8 Å². The van der Waals surface area contributed by atoms with Crippen LogP contribution in [0, 0.1) is 6.92 Å². The van der Waals surface area contributed by atoms with Crippen molar-refractivity contribution >= 4 is 0 Å². The standard InChI is InChI=1S/C10H16N4/c1-9-11-3-5-13(9)7-8-14-6-4-12-10(14)2/h3-6,9,11H,7-8H2,1-2H3. The van der Waals surface area contributed by atoms with Crippen LogP contribution in [0.25, 0.3) is 0 Å². The fourth-order valence-electron chi connectivity index (χ4n) is 1.63. The maximum atomic E-state index is 4.19. The van der Waals surface area contributed by atoms with Crippen molar-refractivity contribution in [3.05, 3.63) is 30.6 Å². The van der Waals surface area contributed by atoms with E-state index in [-0.39, 0.29) is 0 Å². The van der Waals surface area contributed by atoms with Crippen LogP contribution in [0.5, 0.6) is 0 Å². The van der Waals surface area contributed by atoms with Gasteiger partial charge in [0.05, 0.1) is 6.17 Å². The SMILES string of the molecule is Cc1nccn1CCN1C=CNC1C. The third-order valence-corrected chi connectivity index (χ3v) is 2.62. The first-order valence-corrected chi connectivity index (χ1v) is 4.93. The fraction of sp³-hybridized carbons (Fsp3) is 0.500. The molecule has 0 fully saturated rings. The highest BCUT2D eigenvalue weighted by Gasteiger charge is 2.12. The van der Waals surface area contributed by atoms with Crippen LogP contribution in [0.15, 0.2) is 24.8 Å². The second-order valence-electron chi connectivity index (χ2n) is 3.56. The smallest absolute Gasteiger partial charge is 0.105 e. The summed E-state index contributed by atoms with van der Waals surface area (Å²) in [6.07, 6.45) is 8.37. The highest BCUT2D eigenvalue weighted by atomic mass is 15.3. The largest absolute Gasteiger partial charge is 0.370 e. The predicted octanol–water partition coefficient (Wildman–Crippen LogP) is 0.914. The molecule has 14 heavy (non-hydrogen) atoms. The van der Waals surface area contributed by atoms with Crippen molar-refractivity contribution in [2.75, 3.05) is 6.54 Å². The quantitative estimate of drug-likeness (QED) is 0.773. The summed E-state index contributed by atoms with van der Waals surface area (Å²) < 4.78 is 2.17. The van der Waals surface area contributed by atoms with E-state index in [4.69, 9.17) is 0 Å². The van der Waals surface area contributed by atoms with Crippen LogP contribution in [0.1, 0.15) is 12.7 Å². The van der Waals surface area contributed by atoms with Crippen molar-refractivity contribution in [2.24, 2.45) is 0 Å². The number of imidazole rings is 1. The lowest BCUT2D eigenvalue weighted by atomic mass is 10.4. The maximum absolute atomic E-state index is 4.19. The summed E-state index contributed by atoms with van der Waals surface area (Å²) in [6.45, 7) is 6.19. The molecular formula is C10H16N4. The molecule has 1 N–H and O–H groups in total. The van der Waals surface area contributed by atoms with E-state index in [0.29, 0.717) is 6.17 Å². The first-order chi connectivity index (χ1) is 6.77. The Kier molecular flexibility index (Phi) is 2.43. The van der Waals surface area contributed by atoms with E-state index >= 15 is 0 Å². The van der Waals surface area contributed by atoms with Gasteiger partial charge in [-0.05, 0) is 13.8 Å². The van der Waals surface area contributed by atoms with Crippen LogP contribution in [-0.2, 0) is 6.54 Å². The lowest BCUT2D eigenvalue weighted by molar-refractivity contribution is 0.285. The number of nitrogens with one attached hydrogen (secondary N) is 1. The lowest BCUT2D eigenvalue weighted by Crippen LogP contribution is -2.34. The molecule has 0 aromatic carbocycles. The van der Waals surface area contributed by atoms with E-state index in [0.717, 1.165) is 18.9 Å². The normalized spacial score (nSPS) is 20.1. The molecule has 0 radical (unpaired) electrons. The summed E-state index contributed by atoms with van der Waals surface area (Å²) >= 11 is 0. The molecule has 0 amide bonds. The average molecular weight is 192 g/mol. The molecule has 2 rings (SSSR count). The molecule has 76 valence electrons. The molecule has 4 heteroatoms. The molecular weight excluding hydrogens is 176 g/mol. The van der Waals surface area contributed by atoms with Gasteiger partial charge >= 0.3 is 0 Å². The Morgan fingerprint density at radius 1 is 1.50 bits per heavy atom. The number of nitrogens with zero attached hydrogens (tertiary/aromatic N) is 3. The molecule has 4 nitrogen and oxygen atoms in total. The van der Waals surface area contributed by atoms with Crippen LogP contribution in [0.3, 0.4) is 0 Å². The molecule has 0 saturated carbocycles. The van der Waals surface area contributed by atoms with Gasteiger partial charge < -0.3 is 14.8 Å². The monoisotopic (exact) mass is 192 g/mol. The van der Waals surface area contributed by atoms with Gasteiger partial charge in [-0.1, -0.05) is 0 Å². The zero-order valence-corrected chi connectivity index (χ0v) is 8.64. The van der Waals surface area contributed by atoms with Crippen LogP contribution in [0.4, 0.5) is 0 Å². The van der Waals surface area contributed by atoms with Crippen molar-refractivity contribution in [3.63, 3.8) is 0 Å². The zero-order valence-electron chi connectivity index (χ0n) is 8.64. The van der Waals surface area contributed by atoms with Crippen LogP contribution < -0.4 is 5.32 Å². The van der Waals surface area contributed by atoms with Gasteiger partial charge in [-0.3, -0.25) is 0 Å². The van der Waals surface area contributed by atoms with E-state index in [1.54, 1.807) is 0 Å². The van der Waals surface area contributed by atoms with Gasteiger partial charge in [0.15, 0.2) is 0 Å². The van der Waals surface area contributed by atoms with Crippen LogP contribution >= 0.6 is 0 Å². The molecule has 1 aromatic rings. The minimum absolute atomic E-state index is 0.416. The zero-order chi connectivity index (χ0) is 9.97. The summed E-state index contributed by atoms with van der Waals surface area (Å²) in [5.74, 6) is 1.08. The summed E-state index contributed by atoms with van der Waals surface area (Å²) in [4.78, 5) is 6.47. The third-order valence-electron chi connectivity index (χ3n) is 2.62. The summed E-state index contributed by atoms with van der Waals surface area (Å²) in [5, 5.41) is 3.23. The summed E-state index contributed by atoms with van der Waals surface area (Å²) in [5.41, 5.74) is 0. The molecule has 1 atom stereocenters. The molecule has 1 aliphatic rings. The number of rotatable bonds is 3. The maximum Gasteiger partial charge on any atom is 0.105 e. The average Bonchev–Trinajstić information content (AvgIpc) is 2.72. The molecule has 0 bridgehead atoms. The van der Waals surface area contributed by atoms with E-state index in [2.05, 4.69) is 32.9 Å². The lowest BCUT2D eigenvalue weighted by Gasteiger charge is -2.22. The summed E-state index contributed by atoms with van der Waals surface area (Å²) in [7, 11) is 0. The van der Waals surface area contributed by atoms with Crippen LogP contribution in [-0.4, -0.2) is 27.2 Å². The second kappa shape index (κ2) is 3.74. The predicted molar refractivity (Wildman–Crippen MR) is 55.4 cm³/mol. The van der Waals surface area contributed by atoms with E-state index in [1.807, 2.05) is 25.5 Å². The fourth-order valence-corrected chi connectivity index (χ4v) is 1.63. The molecule has 0 aliphatic carbocycles. The highest BCUT2D eigenvalue weighted by molar-refractivity contribution is 4.93. The van der Waals surface area contributed by atoms with Gasteiger partial charge in [-0.25, -0.2) is 4.98 Å². The Morgan fingerprint density at radius 3 is 2.93 bits per heavy atom. The Labute approximate surface area is 84.2 Å². The summed E-state index contributed by atoms with van der Waals surface area (Å²) in [6, 6.07) is 0. The number of aromatic nitrogens is 2. The second-order valence-corrected chi connectivity index (χ2v) is 3.56. The Balaban J connectivity index is 1.88. The van der Waals surface area contributed by atoms with Crippen molar-refractivity contribution in [2.45, 2.75) is 26.6 Å². The molecule has 2 heterocycles. The Hall–Kier alpha value is -1.45. The van der Waals surface area contributed by atoms with Gasteiger partial charge in [0.2, 0.25) is 0 Å². The van der Waals surface area contributed by atoms with Gasteiger partial charge in [0.25, 0.3) is 0 Å². The van der Waals surface area contributed by atoms with Crippen LogP contribution in [0.2, 0.25) is 0 Å². The van der Waals surface area contributed by atoms with E-state index in [9.17, 15) is 0 Å². The number of hydrogen-bond donors (Lipinski definition) is 1. The number of hydrogen-bond acceptors (Lipinski definition) is 3. The molecule has 0 spiro atoms. The van der Waals surface area contributed by atoms with E-state index in [1.165, 1.54) is 0 Å². The Bertz CT molecular complexity index is 329. The van der Waals surface area contributed by atoms with Crippen molar-refractivity contribution in [1.29, 1.82) is 0 Å². The molecule has 1 aromatic heterocycles. The molecule has 0 saturated heterocycles. The Morgan fingerprint density at radius 2 is 2.36 bits per heavy atom. The topological polar surface area (TPSA) is 33.1 Å². The first-order valence-electron chi connectivity index (χ1n) is 4.93. The van der Waals surface area contributed by atoms with E-state index < -0.39 is 0 Å². The van der Waals surface area contributed by atoms with Gasteiger partial charge in [-0.15, -0.1) is 0 Å². The van der Waals surface area contributed by atoms with Crippen molar-refractivity contribution in [3.8, 4) is 0 Å². The van der Waals surface area contributed by atoms with Gasteiger partial charge in [0, 0.05) is 37.9 Å². The minimum atomic E-state index is 0.416. The van der Waals surface area contributed by atoms with Gasteiger partial charge in [0.1, 0.15) is 5.82 Å². The first kappa shape index (κ1) is 9.12. The highest BCUT2D eigenvalue weighted by Crippen LogP contribution is 2.04. The van der Waals surface area contributed by atoms with Crippen molar-refractivity contribution < 1.29 is 0 Å². The van der Waals surface area contributed by atoms with Gasteiger partial charge in [-0.2, -0.15) is 0 Å². The molecule has 1 unspecified atom stereocenters. The third kappa shape index (κ3) is 1.73. The number of aryl methyl sites for hydroxylation is 1. The minimum Gasteiger partial charge on any atom is -0.370 e. The molecule has 1 aliphatic heterocycles.